The number of carbonyl (C=O) groups is 1. The van der Waals surface area contributed by atoms with Gasteiger partial charge in [-0.1, -0.05) is 26.0 Å². The number of nitrogens with zero attached hydrogens (tertiary/aromatic N) is 1. The quantitative estimate of drug-likeness (QED) is 0.457. The van der Waals surface area contributed by atoms with Gasteiger partial charge in [-0.25, -0.2) is 8.42 Å². The van der Waals surface area contributed by atoms with Crippen LogP contribution in [0.1, 0.15) is 46.5 Å². The summed E-state index contributed by atoms with van der Waals surface area (Å²) in [6, 6.07) is 6.97. The summed E-state index contributed by atoms with van der Waals surface area (Å²) in [5.41, 5.74) is 0. The second-order valence-electron chi connectivity index (χ2n) is 7.72. The molecule has 0 aromatic heterocycles. The minimum atomic E-state index is -3.31. The van der Waals surface area contributed by atoms with E-state index in [-0.39, 0.29) is 16.9 Å². The van der Waals surface area contributed by atoms with Gasteiger partial charge >= 0.3 is 0 Å². The van der Waals surface area contributed by atoms with E-state index in [1.165, 1.54) is 24.6 Å². The number of amides is 1. The van der Waals surface area contributed by atoms with Crippen molar-refractivity contribution in [2.45, 2.75) is 61.5 Å². The number of nitrogens with one attached hydrogen (secondary N) is 1. The Hall–Kier alpha value is -1.05. The number of likely N-dealkylation sites (tertiary alicyclic amines) is 1. The first-order chi connectivity index (χ1) is 13.3. The Morgan fingerprint density at radius 2 is 2.11 bits per heavy atom. The molecule has 1 saturated heterocycles. The lowest BCUT2D eigenvalue weighted by Crippen LogP contribution is -2.37. The van der Waals surface area contributed by atoms with Gasteiger partial charge < -0.3 is 10.2 Å². The predicted octanol–water partition coefficient (Wildman–Crippen LogP) is 3.59. The van der Waals surface area contributed by atoms with Crippen LogP contribution in [-0.2, 0) is 14.6 Å². The average Bonchev–Trinajstić information content (AvgIpc) is 2.65. The number of piperidine rings is 1. The van der Waals surface area contributed by atoms with E-state index in [1.54, 1.807) is 18.2 Å². The highest BCUT2D eigenvalue weighted by atomic mass is 32.2. The van der Waals surface area contributed by atoms with Gasteiger partial charge in [-0.2, -0.15) is 0 Å². The average molecular weight is 427 g/mol. The van der Waals surface area contributed by atoms with Crippen LogP contribution in [0.15, 0.2) is 34.1 Å². The third kappa shape index (κ3) is 7.08. The zero-order valence-corrected chi connectivity index (χ0v) is 18.9. The van der Waals surface area contributed by atoms with E-state index in [0.717, 1.165) is 32.0 Å². The van der Waals surface area contributed by atoms with E-state index < -0.39 is 9.84 Å². The van der Waals surface area contributed by atoms with Crippen LogP contribution < -0.4 is 5.32 Å². The highest BCUT2D eigenvalue weighted by Crippen LogP contribution is 2.30. The van der Waals surface area contributed by atoms with Gasteiger partial charge in [0.2, 0.25) is 5.91 Å². The van der Waals surface area contributed by atoms with Crippen molar-refractivity contribution >= 4 is 27.5 Å². The molecule has 1 N–H and O–H groups in total. The summed E-state index contributed by atoms with van der Waals surface area (Å²) in [7, 11) is -3.31. The van der Waals surface area contributed by atoms with Gasteiger partial charge in [0.15, 0.2) is 9.84 Å². The third-order valence-electron chi connectivity index (χ3n) is 5.02. The van der Waals surface area contributed by atoms with Crippen molar-refractivity contribution in [3.63, 3.8) is 0 Å². The normalized spacial score (nSPS) is 19.3. The monoisotopic (exact) mass is 426 g/mol. The number of sulfone groups is 1. The fourth-order valence-corrected chi connectivity index (χ4v) is 6.43. The molecule has 2 atom stereocenters. The fraction of sp³-hybridized carbons (Fsp3) is 0.667. The van der Waals surface area contributed by atoms with Gasteiger partial charge in [-0.15, -0.1) is 11.8 Å². The Kier molecular flexibility index (Phi) is 9.31. The number of hydrogen-bond acceptors (Lipinski definition) is 5. The first-order valence-corrected chi connectivity index (χ1v) is 12.8. The van der Waals surface area contributed by atoms with E-state index in [9.17, 15) is 13.2 Å². The third-order valence-corrected chi connectivity index (χ3v) is 8.30. The number of rotatable bonds is 10. The summed E-state index contributed by atoms with van der Waals surface area (Å²) in [6.45, 7) is 9.97. The summed E-state index contributed by atoms with van der Waals surface area (Å²) in [5.74, 6) is 0.851. The zero-order valence-electron chi connectivity index (χ0n) is 17.3. The van der Waals surface area contributed by atoms with Crippen LogP contribution in [0.25, 0.3) is 0 Å². The molecule has 0 radical (unpaired) electrons. The van der Waals surface area contributed by atoms with Crippen LogP contribution in [0.3, 0.4) is 0 Å². The van der Waals surface area contributed by atoms with Crippen LogP contribution in [0, 0.1) is 5.92 Å². The van der Waals surface area contributed by atoms with Crippen molar-refractivity contribution in [1.82, 2.24) is 10.2 Å². The molecule has 0 spiro atoms. The lowest BCUT2D eigenvalue weighted by Gasteiger charge is -2.30. The SMILES string of the molecule is CCCS(=O)(=O)c1ccccc1SC(C)C(=O)NCCCN1CCCC(C)C1. The van der Waals surface area contributed by atoms with Crippen molar-refractivity contribution in [3.8, 4) is 0 Å². The van der Waals surface area contributed by atoms with Crippen LogP contribution in [0.5, 0.6) is 0 Å². The highest BCUT2D eigenvalue weighted by Gasteiger charge is 2.22. The van der Waals surface area contributed by atoms with Gasteiger partial charge in [0.25, 0.3) is 0 Å². The van der Waals surface area contributed by atoms with Crippen LogP contribution in [-0.4, -0.2) is 56.4 Å². The van der Waals surface area contributed by atoms with Crippen LogP contribution >= 0.6 is 11.8 Å². The first-order valence-electron chi connectivity index (χ1n) is 10.3. The minimum absolute atomic E-state index is 0.0419. The van der Waals surface area contributed by atoms with Gasteiger partial charge in [0.05, 0.1) is 15.9 Å². The molecule has 2 unspecified atom stereocenters. The second-order valence-corrected chi connectivity index (χ2v) is 11.2. The molecule has 1 aromatic rings. The molecule has 0 bridgehead atoms. The molecule has 1 aliphatic heterocycles. The summed E-state index contributed by atoms with van der Waals surface area (Å²) in [6.07, 6.45) is 4.10. The maximum absolute atomic E-state index is 12.5. The van der Waals surface area contributed by atoms with Crippen molar-refractivity contribution in [3.05, 3.63) is 24.3 Å². The van der Waals surface area contributed by atoms with E-state index in [2.05, 4.69) is 17.1 Å². The molecule has 0 saturated carbocycles. The molecule has 1 fully saturated rings. The molecular weight excluding hydrogens is 392 g/mol. The lowest BCUT2D eigenvalue weighted by molar-refractivity contribution is -0.120. The van der Waals surface area contributed by atoms with Gasteiger partial charge in [-0.05, 0) is 63.7 Å². The molecule has 5 nitrogen and oxygen atoms in total. The minimum Gasteiger partial charge on any atom is -0.355 e. The summed E-state index contributed by atoms with van der Waals surface area (Å²) in [5, 5.41) is 2.66. The Labute approximate surface area is 174 Å². The first kappa shape index (κ1) is 23.2. The second kappa shape index (κ2) is 11.2. The van der Waals surface area contributed by atoms with Crippen LogP contribution in [0.4, 0.5) is 0 Å². The van der Waals surface area contributed by atoms with Gasteiger partial charge in [0, 0.05) is 18.0 Å². The maximum Gasteiger partial charge on any atom is 0.233 e. The topological polar surface area (TPSA) is 66.5 Å². The zero-order chi connectivity index (χ0) is 20.6. The molecule has 0 aliphatic carbocycles. The summed E-state index contributed by atoms with van der Waals surface area (Å²) < 4.78 is 24.9. The Morgan fingerprint density at radius 1 is 1.36 bits per heavy atom. The molecular formula is C21H34N2O3S2. The largest absolute Gasteiger partial charge is 0.355 e. The van der Waals surface area contributed by atoms with Gasteiger partial charge in [0.1, 0.15) is 0 Å². The van der Waals surface area contributed by atoms with Crippen molar-refractivity contribution in [2.75, 3.05) is 31.9 Å². The Morgan fingerprint density at radius 3 is 2.82 bits per heavy atom. The van der Waals surface area contributed by atoms with E-state index in [1.807, 2.05) is 19.9 Å². The number of thioether (sulfide) groups is 1. The summed E-state index contributed by atoms with van der Waals surface area (Å²) in [4.78, 5) is 15.9. The number of benzene rings is 1. The lowest BCUT2D eigenvalue weighted by atomic mass is 10.0. The highest BCUT2D eigenvalue weighted by molar-refractivity contribution is 8.01. The van der Waals surface area contributed by atoms with Crippen molar-refractivity contribution in [1.29, 1.82) is 0 Å². The van der Waals surface area contributed by atoms with E-state index in [4.69, 9.17) is 0 Å². The number of carbonyl (C=O) groups excluding carboxylic acids is 1. The Bertz CT molecular complexity index is 737. The predicted molar refractivity (Wildman–Crippen MR) is 117 cm³/mol. The fourth-order valence-electron chi connectivity index (χ4n) is 3.57. The van der Waals surface area contributed by atoms with Crippen molar-refractivity contribution < 1.29 is 13.2 Å². The summed E-state index contributed by atoms with van der Waals surface area (Å²) >= 11 is 1.32. The van der Waals surface area contributed by atoms with Gasteiger partial charge in [-0.3, -0.25) is 4.79 Å². The van der Waals surface area contributed by atoms with E-state index in [0.29, 0.717) is 22.8 Å². The smallest absolute Gasteiger partial charge is 0.233 e. The molecule has 1 amide bonds. The standard InChI is InChI=1S/C21H34N2O3S2/c1-4-15-28(25,26)20-11-6-5-10-19(20)27-18(3)21(24)22-12-8-14-23-13-7-9-17(2)16-23/h5-6,10-11,17-18H,4,7-9,12-16H2,1-3H3,(H,22,24). The molecule has 7 heteroatoms. The molecule has 2 rings (SSSR count). The maximum atomic E-state index is 12.5. The Balaban J connectivity index is 1.82. The molecule has 1 aromatic carbocycles. The number of hydrogen-bond donors (Lipinski definition) is 1. The van der Waals surface area contributed by atoms with Crippen LogP contribution in [0.2, 0.25) is 0 Å². The molecule has 28 heavy (non-hydrogen) atoms. The molecule has 1 aliphatic rings. The molecule has 158 valence electrons. The van der Waals surface area contributed by atoms with Crippen molar-refractivity contribution in [2.24, 2.45) is 5.92 Å². The van der Waals surface area contributed by atoms with E-state index >= 15 is 0 Å². The molecule has 1 heterocycles.